The van der Waals surface area contributed by atoms with E-state index in [1.54, 1.807) is 4.90 Å². The molecule has 14 heavy (non-hydrogen) atoms. The SMILES string of the molecule is CN(CC1CCCCO1)C(=O)CCCl. The van der Waals surface area contributed by atoms with Gasteiger partial charge in [0.1, 0.15) is 0 Å². The minimum Gasteiger partial charge on any atom is -0.376 e. The highest BCUT2D eigenvalue weighted by atomic mass is 35.5. The summed E-state index contributed by atoms with van der Waals surface area (Å²) < 4.78 is 5.55. The van der Waals surface area contributed by atoms with Gasteiger partial charge in [-0.05, 0) is 19.3 Å². The molecule has 1 saturated heterocycles. The van der Waals surface area contributed by atoms with Gasteiger partial charge < -0.3 is 9.64 Å². The van der Waals surface area contributed by atoms with Crippen LogP contribution in [0.4, 0.5) is 0 Å². The molecule has 1 amide bonds. The molecule has 1 aliphatic heterocycles. The van der Waals surface area contributed by atoms with Crippen LogP contribution >= 0.6 is 11.6 Å². The molecule has 1 aliphatic rings. The lowest BCUT2D eigenvalue weighted by atomic mass is 10.1. The van der Waals surface area contributed by atoms with Crippen molar-refractivity contribution in [3.05, 3.63) is 0 Å². The molecule has 0 aromatic rings. The van der Waals surface area contributed by atoms with Crippen molar-refractivity contribution >= 4 is 17.5 Å². The Morgan fingerprint density at radius 1 is 1.57 bits per heavy atom. The Morgan fingerprint density at radius 2 is 2.36 bits per heavy atom. The van der Waals surface area contributed by atoms with Crippen LogP contribution in [0.25, 0.3) is 0 Å². The van der Waals surface area contributed by atoms with Crippen LogP contribution in [-0.4, -0.2) is 43.0 Å². The molecule has 0 spiro atoms. The van der Waals surface area contributed by atoms with Crippen molar-refractivity contribution < 1.29 is 9.53 Å². The van der Waals surface area contributed by atoms with Gasteiger partial charge in [0.15, 0.2) is 0 Å². The van der Waals surface area contributed by atoms with E-state index in [2.05, 4.69) is 0 Å². The molecule has 1 rings (SSSR count). The molecule has 1 unspecified atom stereocenters. The lowest BCUT2D eigenvalue weighted by molar-refractivity contribution is -0.131. The lowest BCUT2D eigenvalue weighted by Crippen LogP contribution is -2.37. The predicted molar refractivity (Wildman–Crippen MR) is 56.6 cm³/mol. The largest absolute Gasteiger partial charge is 0.376 e. The van der Waals surface area contributed by atoms with Gasteiger partial charge in [0.05, 0.1) is 6.10 Å². The van der Waals surface area contributed by atoms with Gasteiger partial charge in [0.2, 0.25) is 5.91 Å². The number of amides is 1. The zero-order valence-corrected chi connectivity index (χ0v) is 9.42. The van der Waals surface area contributed by atoms with Crippen molar-refractivity contribution in [2.75, 3.05) is 26.1 Å². The molecule has 4 heteroatoms. The van der Waals surface area contributed by atoms with E-state index < -0.39 is 0 Å². The van der Waals surface area contributed by atoms with E-state index in [0.717, 1.165) is 19.4 Å². The zero-order chi connectivity index (χ0) is 10.4. The average Bonchev–Trinajstić information content (AvgIpc) is 2.19. The summed E-state index contributed by atoms with van der Waals surface area (Å²) in [7, 11) is 1.81. The van der Waals surface area contributed by atoms with Crippen LogP contribution in [0.2, 0.25) is 0 Å². The molecule has 1 atom stereocenters. The second kappa shape index (κ2) is 6.25. The van der Waals surface area contributed by atoms with Crippen molar-refractivity contribution in [2.45, 2.75) is 31.8 Å². The van der Waals surface area contributed by atoms with Gasteiger partial charge >= 0.3 is 0 Å². The van der Waals surface area contributed by atoms with E-state index in [-0.39, 0.29) is 12.0 Å². The summed E-state index contributed by atoms with van der Waals surface area (Å²) in [6.07, 6.45) is 4.08. The Morgan fingerprint density at radius 3 is 2.93 bits per heavy atom. The zero-order valence-electron chi connectivity index (χ0n) is 8.67. The maximum absolute atomic E-state index is 11.4. The molecule has 0 aromatic carbocycles. The van der Waals surface area contributed by atoms with Gasteiger partial charge in [-0.2, -0.15) is 0 Å². The maximum Gasteiger partial charge on any atom is 0.223 e. The normalized spacial score (nSPS) is 22.0. The standard InChI is InChI=1S/C10H18ClNO2/c1-12(10(13)5-6-11)8-9-4-2-3-7-14-9/h9H,2-8H2,1H3. The van der Waals surface area contributed by atoms with Gasteiger partial charge in [-0.1, -0.05) is 0 Å². The smallest absolute Gasteiger partial charge is 0.223 e. The van der Waals surface area contributed by atoms with Crippen LogP contribution in [0.15, 0.2) is 0 Å². The number of hydrogen-bond donors (Lipinski definition) is 0. The molecule has 0 saturated carbocycles. The summed E-state index contributed by atoms with van der Waals surface area (Å²) in [6.45, 7) is 1.54. The Labute approximate surface area is 90.4 Å². The molecule has 1 heterocycles. The lowest BCUT2D eigenvalue weighted by Gasteiger charge is -2.27. The first-order valence-electron chi connectivity index (χ1n) is 5.15. The van der Waals surface area contributed by atoms with Crippen LogP contribution in [0.1, 0.15) is 25.7 Å². The minimum absolute atomic E-state index is 0.106. The van der Waals surface area contributed by atoms with E-state index in [1.807, 2.05) is 7.05 Å². The molecule has 1 fully saturated rings. The molecule has 0 bridgehead atoms. The Bertz CT molecular complexity index is 181. The van der Waals surface area contributed by atoms with E-state index in [9.17, 15) is 4.79 Å². The molecular weight excluding hydrogens is 202 g/mol. The van der Waals surface area contributed by atoms with Crippen LogP contribution < -0.4 is 0 Å². The number of likely N-dealkylation sites (N-methyl/N-ethyl adjacent to an activating group) is 1. The Kier molecular flexibility index (Phi) is 5.26. The molecule has 0 radical (unpaired) electrons. The van der Waals surface area contributed by atoms with Crippen LogP contribution in [0.3, 0.4) is 0 Å². The Hall–Kier alpha value is -0.280. The summed E-state index contributed by atoms with van der Waals surface area (Å²) in [6, 6.07) is 0. The van der Waals surface area contributed by atoms with E-state index >= 15 is 0 Å². The first-order valence-corrected chi connectivity index (χ1v) is 5.69. The highest BCUT2D eigenvalue weighted by Gasteiger charge is 2.18. The summed E-state index contributed by atoms with van der Waals surface area (Å²) in [5, 5.41) is 0. The number of carbonyl (C=O) groups excluding carboxylic acids is 1. The summed E-state index contributed by atoms with van der Waals surface area (Å²) in [4.78, 5) is 13.1. The molecule has 0 aliphatic carbocycles. The number of ether oxygens (including phenoxy) is 1. The van der Waals surface area contributed by atoms with Gasteiger partial charge in [0, 0.05) is 32.5 Å². The number of alkyl halides is 1. The third-order valence-electron chi connectivity index (χ3n) is 2.49. The van der Waals surface area contributed by atoms with Gasteiger partial charge in [-0.3, -0.25) is 4.79 Å². The highest BCUT2D eigenvalue weighted by Crippen LogP contribution is 2.13. The summed E-state index contributed by atoms with van der Waals surface area (Å²) in [5.41, 5.74) is 0. The second-order valence-electron chi connectivity index (χ2n) is 3.70. The first-order chi connectivity index (χ1) is 6.74. The topological polar surface area (TPSA) is 29.5 Å². The number of halogens is 1. The van der Waals surface area contributed by atoms with Gasteiger partial charge in [-0.25, -0.2) is 0 Å². The van der Waals surface area contributed by atoms with Crippen molar-refractivity contribution in [1.82, 2.24) is 4.90 Å². The van der Waals surface area contributed by atoms with E-state index in [0.29, 0.717) is 18.8 Å². The van der Waals surface area contributed by atoms with Crippen LogP contribution in [-0.2, 0) is 9.53 Å². The third kappa shape index (κ3) is 3.84. The fourth-order valence-electron chi connectivity index (χ4n) is 1.63. The van der Waals surface area contributed by atoms with Crippen molar-refractivity contribution in [3.63, 3.8) is 0 Å². The van der Waals surface area contributed by atoms with Crippen molar-refractivity contribution in [2.24, 2.45) is 0 Å². The second-order valence-corrected chi connectivity index (χ2v) is 4.08. The summed E-state index contributed by atoms with van der Waals surface area (Å²) >= 11 is 5.50. The predicted octanol–water partition coefficient (Wildman–Crippen LogP) is 1.64. The Balaban J connectivity index is 2.24. The van der Waals surface area contributed by atoms with Crippen LogP contribution in [0.5, 0.6) is 0 Å². The van der Waals surface area contributed by atoms with E-state index in [4.69, 9.17) is 16.3 Å². The van der Waals surface area contributed by atoms with Crippen molar-refractivity contribution in [3.8, 4) is 0 Å². The fourth-order valence-corrected chi connectivity index (χ4v) is 1.79. The van der Waals surface area contributed by atoms with Gasteiger partial charge in [-0.15, -0.1) is 11.6 Å². The summed E-state index contributed by atoms with van der Waals surface area (Å²) in [5.74, 6) is 0.503. The quantitative estimate of drug-likeness (QED) is 0.673. The molecule has 82 valence electrons. The van der Waals surface area contributed by atoms with Crippen molar-refractivity contribution in [1.29, 1.82) is 0 Å². The van der Waals surface area contributed by atoms with E-state index in [1.165, 1.54) is 6.42 Å². The minimum atomic E-state index is 0.106. The highest BCUT2D eigenvalue weighted by molar-refractivity contribution is 6.18. The number of carbonyl (C=O) groups is 1. The molecule has 0 aromatic heterocycles. The number of rotatable bonds is 4. The molecular formula is C10H18ClNO2. The monoisotopic (exact) mass is 219 g/mol. The third-order valence-corrected chi connectivity index (χ3v) is 2.67. The first kappa shape index (κ1) is 11.8. The maximum atomic E-state index is 11.4. The fraction of sp³-hybridized carbons (Fsp3) is 0.900. The molecule has 3 nitrogen and oxygen atoms in total. The molecule has 0 N–H and O–H groups in total. The number of hydrogen-bond acceptors (Lipinski definition) is 2. The number of nitrogens with zero attached hydrogens (tertiary/aromatic N) is 1. The average molecular weight is 220 g/mol. The van der Waals surface area contributed by atoms with Crippen LogP contribution in [0, 0.1) is 0 Å². The van der Waals surface area contributed by atoms with Gasteiger partial charge in [0.25, 0.3) is 0 Å².